The quantitative estimate of drug-likeness (QED) is 0.691. The lowest BCUT2D eigenvalue weighted by atomic mass is 10.5. The number of methoxy groups -OCH3 is 1. The van der Waals surface area contributed by atoms with Gasteiger partial charge in [-0.1, -0.05) is 0 Å². The molecule has 0 aliphatic heterocycles. The van der Waals surface area contributed by atoms with Gasteiger partial charge < -0.3 is 4.74 Å². The second-order valence-electron chi connectivity index (χ2n) is 1.52. The topological polar surface area (TPSA) is 22.1 Å². The summed E-state index contributed by atoms with van der Waals surface area (Å²) < 4.78 is 5.97. The van der Waals surface area contributed by atoms with Crippen molar-refractivity contribution in [2.45, 2.75) is 0 Å². The second kappa shape index (κ2) is 3.00. The van der Waals surface area contributed by atoms with Crippen LogP contribution in [0.25, 0.3) is 0 Å². The van der Waals surface area contributed by atoms with Gasteiger partial charge in [0, 0.05) is 15.8 Å². The number of hydrogen-bond donors (Lipinski definition) is 0. The Labute approximate surface area is 67.4 Å². The molecule has 1 aromatic heterocycles. The lowest BCUT2D eigenvalue weighted by molar-refractivity contribution is 0.397. The summed E-state index contributed by atoms with van der Waals surface area (Å²) in [6, 6.07) is 3.79. The van der Waals surface area contributed by atoms with Crippen LogP contribution in [0.15, 0.2) is 18.3 Å². The Balaban J connectivity index is 2.88. The Morgan fingerprint density at radius 3 is 2.78 bits per heavy atom. The molecule has 0 fully saturated rings. The fourth-order valence-corrected chi connectivity index (χ4v) is 0.802. The van der Waals surface area contributed by atoms with Crippen LogP contribution >= 0.6 is 22.6 Å². The summed E-state index contributed by atoms with van der Waals surface area (Å²) in [6.07, 6.45) is 1.76. The van der Waals surface area contributed by atoms with E-state index in [1.165, 1.54) is 0 Å². The maximum Gasteiger partial charge on any atom is 0.212 e. The molecule has 48 valence electrons. The predicted molar refractivity (Wildman–Crippen MR) is 43.5 cm³/mol. The molecular formula is C6H6INO. The molecule has 0 aliphatic carbocycles. The molecule has 0 N–H and O–H groups in total. The molecule has 1 heterocycles. The summed E-state index contributed by atoms with van der Waals surface area (Å²) in [5, 5.41) is 0. The van der Waals surface area contributed by atoms with Crippen molar-refractivity contribution in [2.75, 3.05) is 7.11 Å². The van der Waals surface area contributed by atoms with E-state index in [2.05, 4.69) is 27.6 Å². The van der Waals surface area contributed by atoms with Crippen LogP contribution in [0.2, 0.25) is 0 Å². The zero-order valence-corrected chi connectivity index (χ0v) is 7.12. The summed E-state index contributed by atoms with van der Waals surface area (Å²) in [6.45, 7) is 0. The van der Waals surface area contributed by atoms with Crippen molar-refractivity contribution in [1.29, 1.82) is 0 Å². The van der Waals surface area contributed by atoms with Crippen molar-refractivity contribution in [2.24, 2.45) is 0 Å². The molecule has 0 radical (unpaired) electrons. The lowest BCUT2D eigenvalue weighted by Crippen LogP contribution is -1.85. The minimum Gasteiger partial charge on any atom is -0.481 e. The van der Waals surface area contributed by atoms with Gasteiger partial charge in [-0.25, -0.2) is 4.98 Å². The van der Waals surface area contributed by atoms with E-state index in [-0.39, 0.29) is 0 Å². The van der Waals surface area contributed by atoms with Crippen molar-refractivity contribution >= 4 is 22.6 Å². The van der Waals surface area contributed by atoms with Gasteiger partial charge in [-0.3, -0.25) is 0 Å². The number of hydrogen-bond acceptors (Lipinski definition) is 2. The first-order chi connectivity index (χ1) is 4.33. The molecule has 0 saturated carbocycles. The van der Waals surface area contributed by atoms with Crippen LogP contribution in [0.3, 0.4) is 0 Å². The largest absolute Gasteiger partial charge is 0.481 e. The van der Waals surface area contributed by atoms with Gasteiger partial charge in [0.15, 0.2) is 0 Å². The maximum absolute atomic E-state index is 4.85. The first-order valence-corrected chi connectivity index (χ1v) is 3.56. The molecule has 0 spiro atoms. The van der Waals surface area contributed by atoms with Crippen LogP contribution in [0.4, 0.5) is 0 Å². The fraction of sp³-hybridized carbons (Fsp3) is 0.167. The highest BCUT2D eigenvalue weighted by atomic mass is 127. The van der Waals surface area contributed by atoms with Gasteiger partial charge in [-0.05, 0) is 28.7 Å². The highest BCUT2D eigenvalue weighted by molar-refractivity contribution is 14.1. The zero-order valence-electron chi connectivity index (χ0n) is 4.97. The second-order valence-corrected chi connectivity index (χ2v) is 2.76. The van der Waals surface area contributed by atoms with Gasteiger partial charge in [-0.2, -0.15) is 0 Å². The highest BCUT2D eigenvalue weighted by Crippen LogP contribution is 2.07. The average molecular weight is 235 g/mol. The van der Waals surface area contributed by atoms with Crippen molar-refractivity contribution in [3.05, 3.63) is 21.9 Å². The predicted octanol–water partition coefficient (Wildman–Crippen LogP) is 1.69. The van der Waals surface area contributed by atoms with Crippen LogP contribution in [0.5, 0.6) is 5.88 Å². The number of ether oxygens (including phenoxy) is 1. The average Bonchev–Trinajstić information content (AvgIpc) is 1.90. The van der Waals surface area contributed by atoms with Gasteiger partial charge in [0.1, 0.15) is 0 Å². The van der Waals surface area contributed by atoms with Gasteiger partial charge in [-0.15, -0.1) is 0 Å². The molecular weight excluding hydrogens is 229 g/mol. The van der Waals surface area contributed by atoms with Crippen LogP contribution in [-0.2, 0) is 0 Å². The van der Waals surface area contributed by atoms with Crippen molar-refractivity contribution < 1.29 is 4.74 Å². The van der Waals surface area contributed by atoms with Crippen LogP contribution in [0, 0.1) is 3.57 Å². The Morgan fingerprint density at radius 1 is 1.56 bits per heavy atom. The van der Waals surface area contributed by atoms with E-state index < -0.39 is 0 Å². The Kier molecular flexibility index (Phi) is 2.27. The molecule has 9 heavy (non-hydrogen) atoms. The number of aromatic nitrogens is 1. The fourth-order valence-electron chi connectivity index (χ4n) is 0.483. The smallest absolute Gasteiger partial charge is 0.212 e. The Bertz CT molecular complexity index is 185. The first kappa shape index (κ1) is 6.80. The van der Waals surface area contributed by atoms with E-state index >= 15 is 0 Å². The molecule has 1 rings (SSSR count). The first-order valence-electron chi connectivity index (χ1n) is 2.48. The molecule has 0 amide bonds. The summed E-state index contributed by atoms with van der Waals surface area (Å²) in [7, 11) is 1.61. The van der Waals surface area contributed by atoms with Crippen molar-refractivity contribution in [1.82, 2.24) is 4.98 Å². The molecule has 0 aromatic carbocycles. The number of rotatable bonds is 1. The van der Waals surface area contributed by atoms with E-state index in [0.29, 0.717) is 5.88 Å². The number of pyridine rings is 1. The maximum atomic E-state index is 4.85. The highest BCUT2D eigenvalue weighted by Gasteiger charge is 1.88. The van der Waals surface area contributed by atoms with E-state index in [1.807, 2.05) is 12.1 Å². The molecule has 2 nitrogen and oxygen atoms in total. The van der Waals surface area contributed by atoms with E-state index in [1.54, 1.807) is 13.3 Å². The molecule has 0 aliphatic rings. The molecule has 0 saturated heterocycles. The summed E-state index contributed by atoms with van der Waals surface area (Å²) in [5.41, 5.74) is 0. The third kappa shape index (κ3) is 1.82. The Morgan fingerprint density at radius 2 is 2.33 bits per heavy atom. The monoisotopic (exact) mass is 235 g/mol. The number of halogens is 1. The molecule has 0 unspecified atom stereocenters. The lowest BCUT2D eigenvalue weighted by Gasteiger charge is -1.94. The molecule has 0 atom stereocenters. The molecule has 1 aromatic rings. The molecule has 0 bridgehead atoms. The number of nitrogens with zero attached hydrogens (tertiary/aromatic N) is 1. The minimum atomic E-state index is 0.662. The van der Waals surface area contributed by atoms with E-state index in [4.69, 9.17) is 4.74 Å². The van der Waals surface area contributed by atoms with E-state index in [9.17, 15) is 0 Å². The molecule has 3 heteroatoms. The SMILES string of the molecule is COc1ccc(I)cn1. The van der Waals surface area contributed by atoms with E-state index in [0.717, 1.165) is 3.57 Å². The Hall–Kier alpha value is -0.320. The minimum absolute atomic E-state index is 0.662. The summed E-state index contributed by atoms with van der Waals surface area (Å²) >= 11 is 2.19. The van der Waals surface area contributed by atoms with Crippen LogP contribution in [0.1, 0.15) is 0 Å². The summed E-state index contributed by atoms with van der Waals surface area (Å²) in [5.74, 6) is 0.662. The summed E-state index contributed by atoms with van der Waals surface area (Å²) in [4.78, 5) is 3.97. The standard InChI is InChI=1S/C6H6INO/c1-9-6-3-2-5(7)4-8-6/h2-4H,1H3. The van der Waals surface area contributed by atoms with Crippen molar-refractivity contribution in [3.8, 4) is 5.88 Å². The van der Waals surface area contributed by atoms with Crippen molar-refractivity contribution in [3.63, 3.8) is 0 Å². The zero-order chi connectivity index (χ0) is 6.69. The van der Waals surface area contributed by atoms with Crippen LogP contribution in [-0.4, -0.2) is 12.1 Å². The third-order valence-corrected chi connectivity index (χ3v) is 1.55. The van der Waals surface area contributed by atoms with Gasteiger partial charge in [0.05, 0.1) is 7.11 Å². The van der Waals surface area contributed by atoms with Gasteiger partial charge in [0.25, 0.3) is 0 Å². The third-order valence-electron chi connectivity index (χ3n) is 0.909. The van der Waals surface area contributed by atoms with Gasteiger partial charge >= 0.3 is 0 Å². The van der Waals surface area contributed by atoms with Gasteiger partial charge in [0.2, 0.25) is 5.88 Å². The van der Waals surface area contributed by atoms with Crippen LogP contribution < -0.4 is 4.74 Å². The normalized spacial score (nSPS) is 9.11.